The molecule has 0 saturated carbocycles. The average Bonchev–Trinajstić information content (AvgIpc) is 2.91. The molecule has 3 rings (SSSR count). The Labute approximate surface area is 139 Å². The lowest BCUT2D eigenvalue weighted by atomic mass is 9.88. The van der Waals surface area contributed by atoms with Crippen molar-refractivity contribution in [1.82, 2.24) is 0 Å². The first kappa shape index (κ1) is 15.7. The van der Waals surface area contributed by atoms with Gasteiger partial charge in [0.05, 0.1) is 5.56 Å². The molecule has 2 amide bonds. The maximum atomic E-state index is 12.5. The smallest absolute Gasteiger partial charge is 0.256 e. The molecule has 1 aromatic carbocycles. The number of nitrogens with one attached hydrogen (secondary N) is 2. The van der Waals surface area contributed by atoms with E-state index >= 15 is 0 Å². The summed E-state index contributed by atoms with van der Waals surface area (Å²) in [6.45, 7) is 3.73. The second-order valence-electron chi connectivity index (χ2n) is 6.11. The third kappa shape index (κ3) is 3.62. The van der Waals surface area contributed by atoms with Crippen molar-refractivity contribution in [2.24, 2.45) is 5.92 Å². The number of amides is 2. The number of anilines is 2. The van der Waals surface area contributed by atoms with E-state index in [4.69, 9.17) is 0 Å². The van der Waals surface area contributed by atoms with Crippen molar-refractivity contribution in [1.29, 1.82) is 0 Å². The van der Waals surface area contributed by atoms with Gasteiger partial charge in [-0.2, -0.15) is 0 Å². The van der Waals surface area contributed by atoms with Crippen LogP contribution in [0, 0.1) is 5.92 Å². The zero-order valence-corrected chi connectivity index (χ0v) is 14.1. The molecule has 1 unspecified atom stereocenters. The lowest BCUT2D eigenvalue weighted by Gasteiger charge is -2.18. The number of carbonyl (C=O) groups is 2. The summed E-state index contributed by atoms with van der Waals surface area (Å²) >= 11 is 1.70. The van der Waals surface area contributed by atoms with Crippen LogP contribution in [0.2, 0.25) is 0 Å². The maximum Gasteiger partial charge on any atom is 0.256 e. The quantitative estimate of drug-likeness (QED) is 0.892. The Morgan fingerprint density at radius 2 is 1.78 bits per heavy atom. The highest BCUT2D eigenvalue weighted by molar-refractivity contribution is 7.10. The van der Waals surface area contributed by atoms with Gasteiger partial charge in [-0.3, -0.25) is 9.59 Å². The minimum Gasteiger partial charge on any atom is -0.326 e. The Kier molecular flexibility index (Phi) is 4.48. The molecule has 120 valence electrons. The molecule has 5 heteroatoms. The highest BCUT2D eigenvalue weighted by Crippen LogP contribution is 2.33. The van der Waals surface area contributed by atoms with Gasteiger partial charge in [0.15, 0.2) is 0 Å². The van der Waals surface area contributed by atoms with E-state index in [0.29, 0.717) is 5.92 Å². The Balaban J connectivity index is 1.71. The van der Waals surface area contributed by atoms with Gasteiger partial charge in [-0.1, -0.05) is 6.92 Å². The average molecular weight is 328 g/mol. The number of hydrogen-bond acceptors (Lipinski definition) is 3. The van der Waals surface area contributed by atoms with E-state index in [-0.39, 0.29) is 11.8 Å². The summed E-state index contributed by atoms with van der Waals surface area (Å²) in [6, 6.07) is 7.15. The van der Waals surface area contributed by atoms with Gasteiger partial charge >= 0.3 is 0 Å². The zero-order valence-electron chi connectivity index (χ0n) is 13.3. The monoisotopic (exact) mass is 328 g/mol. The molecule has 1 aromatic heterocycles. The van der Waals surface area contributed by atoms with Gasteiger partial charge < -0.3 is 10.6 Å². The predicted octanol–water partition coefficient (Wildman–Crippen LogP) is 4.08. The summed E-state index contributed by atoms with van der Waals surface area (Å²) < 4.78 is 0. The van der Waals surface area contributed by atoms with Gasteiger partial charge in [0.25, 0.3) is 5.91 Å². The number of benzene rings is 1. The van der Waals surface area contributed by atoms with Crippen LogP contribution in [0.4, 0.5) is 11.4 Å². The molecule has 23 heavy (non-hydrogen) atoms. The van der Waals surface area contributed by atoms with Crippen LogP contribution in [-0.2, 0) is 17.6 Å². The number of rotatable bonds is 3. The Hall–Kier alpha value is -2.14. The van der Waals surface area contributed by atoms with E-state index in [2.05, 4.69) is 17.6 Å². The van der Waals surface area contributed by atoms with Gasteiger partial charge in [0, 0.05) is 28.6 Å². The normalized spacial score (nSPS) is 16.5. The largest absolute Gasteiger partial charge is 0.326 e. The molecule has 1 aliphatic carbocycles. The van der Waals surface area contributed by atoms with Gasteiger partial charge in [-0.15, -0.1) is 11.3 Å². The Morgan fingerprint density at radius 1 is 1.13 bits per heavy atom. The molecule has 0 aliphatic heterocycles. The molecule has 2 aromatic rings. The van der Waals surface area contributed by atoms with Crippen LogP contribution in [0.25, 0.3) is 0 Å². The number of thiophene rings is 1. The molecule has 0 spiro atoms. The minimum atomic E-state index is -0.110. The SMILES string of the molecule is CC(=O)Nc1ccc(NC(=O)c2csc3c2CCC(C)C3)cc1. The first-order chi connectivity index (χ1) is 11.0. The zero-order chi connectivity index (χ0) is 16.4. The molecule has 0 bridgehead atoms. The minimum absolute atomic E-state index is 0.0515. The lowest BCUT2D eigenvalue weighted by Crippen LogP contribution is -2.16. The third-order valence-corrected chi connectivity index (χ3v) is 5.16. The van der Waals surface area contributed by atoms with E-state index in [9.17, 15) is 9.59 Å². The number of hydrogen-bond donors (Lipinski definition) is 2. The fourth-order valence-corrected chi connectivity index (χ4v) is 4.15. The van der Waals surface area contributed by atoms with Gasteiger partial charge in [0.1, 0.15) is 0 Å². The molecule has 4 nitrogen and oxygen atoms in total. The Bertz CT molecular complexity index is 734. The molecule has 0 saturated heterocycles. The van der Waals surface area contributed by atoms with Gasteiger partial charge in [-0.05, 0) is 55.0 Å². The van der Waals surface area contributed by atoms with Crippen LogP contribution in [0.1, 0.15) is 41.1 Å². The molecule has 2 N–H and O–H groups in total. The van der Waals surface area contributed by atoms with Crippen LogP contribution >= 0.6 is 11.3 Å². The standard InChI is InChI=1S/C18H20N2O2S/c1-11-3-8-15-16(10-23-17(15)9-11)18(22)20-14-6-4-13(5-7-14)19-12(2)21/h4-7,10-11H,3,8-9H2,1-2H3,(H,19,21)(H,20,22). The van der Waals surface area contributed by atoms with E-state index in [1.165, 1.54) is 17.4 Å². The van der Waals surface area contributed by atoms with E-state index in [0.717, 1.165) is 36.2 Å². The van der Waals surface area contributed by atoms with Crippen molar-refractivity contribution in [3.05, 3.63) is 45.6 Å². The van der Waals surface area contributed by atoms with Crippen LogP contribution in [0.3, 0.4) is 0 Å². The summed E-state index contributed by atoms with van der Waals surface area (Å²) in [5.41, 5.74) is 3.48. The van der Waals surface area contributed by atoms with Crippen molar-refractivity contribution in [3.8, 4) is 0 Å². The molecule has 1 atom stereocenters. The molecule has 0 fully saturated rings. The highest BCUT2D eigenvalue weighted by Gasteiger charge is 2.23. The summed E-state index contributed by atoms with van der Waals surface area (Å²) in [4.78, 5) is 24.9. The molecular weight excluding hydrogens is 308 g/mol. The second kappa shape index (κ2) is 6.54. The molecule has 1 heterocycles. The van der Waals surface area contributed by atoms with Crippen LogP contribution in [0.5, 0.6) is 0 Å². The third-order valence-electron chi connectivity index (χ3n) is 4.11. The van der Waals surface area contributed by atoms with Crippen LogP contribution in [0.15, 0.2) is 29.6 Å². The first-order valence-electron chi connectivity index (χ1n) is 7.81. The maximum absolute atomic E-state index is 12.5. The highest BCUT2D eigenvalue weighted by atomic mass is 32.1. The topological polar surface area (TPSA) is 58.2 Å². The summed E-state index contributed by atoms with van der Waals surface area (Å²) in [5.74, 6) is 0.545. The second-order valence-corrected chi connectivity index (χ2v) is 7.08. The van der Waals surface area contributed by atoms with Crippen molar-refractivity contribution >= 4 is 34.5 Å². The van der Waals surface area contributed by atoms with Gasteiger partial charge in [0.2, 0.25) is 5.91 Å². The van der Waals surface area contributed by atoms with Crippen molar-refractivity contribution in [3.63, 3.8) is 0 Å². The molecular formula is C18H20N2O2S. The van der Waals surface area contributed by atoms with Crippen molar-refractivity contribution < 1.29 is 9.59 Å². The van der Waals surface area contributed by atoms with Crippen molar-refractivity contribution in [2.45, 2.75) is 33.1 Å². The lowest BCUT2D eigenvalue weighted by molar-refractivity contribution is -0.114. The van der Waals surface area contributed by atoms with Gasteiger partial charge in [-0.25, -0.2) is 0 Å². The fraction of sp³-hybridized carbons (Fsp3) is 0.333. The van der Waals surface area contributed by atoms with E-state index in [1.807, 2.05) is 5.38 Å². The van der Waals surface area contributed by atoms with Crippen LogP contribution in [-0.4, -0.2) is 11.8 Å². The molecule has 0 radical (unpaired) electrons. The van der Waals surface area contributed by atoms with Crippen LogP contribution < -0.4 is 10.6 Å². The predicted molar refractivity (Wildman–Crippen MR) is 94.2 cm³/mol. The van der Waals surface area contributed by atoms with E-state index in [1.54, 1.807) is 35.6 Å². The number of fused-ring (bicyclic) bond motifs is 1. The summed E-state index contributed by atoms with van der Waals surface area (Å²) in [6.07, 6.45) is 3.22. The summed E-state index contributed by atoms with van der Waals surface area (Å²) in [5, 5.41) is 7.63. The van der Waals surface area contributed by atoms with Crippen molar-refractivity contribution in [2.75, 3.05) is 10.6 Å². The summed E-state index contributed by atoms with van der Waals surface area (Å²) in [7, 11) is 0. The number of carbonyl (C=O) groups excluding carboxylic acids is 2. The van der Waals surface area contributed by atoms with E-state index < -0.39 is 0 Å². The fourth-order valence-electron chi connectivity index (χ4n) is 2.91. The Morgan fingerprint density at radius 3 is 2.43 bits per heavy atom. The first-order valence-corrected chi connectivity index (χ1v) is 8.69. The molecule has 1 aliphatic rings.